The zero-order valence-electron chi connectivity index (χ0n) is 17.6. The van der Waals surface area contributed by atoms with Crippen molar-refractivity contribution in [2.75, 3.05) is 40.8 Å². The zero-order chi connectivity index (χ0) is 20.0. The van der Waals surface area contributed by atoms with Crippen molar-refractivity contribution in [3.05, 3.63) is 0 Å². The summed E-state index contributed by atoms with van der Waals surface area (Å²) in [5.41, 5.74) is 1.34. The highest BCUT2D eigenvalue weighted by Crippen LogP contribution is 2.25. The molecular formula is C20H39N5O. The van der Waals surface area contributed by atoms with Gasteiger partial charge < -0.3 is 15.4 Å². The highest BCUT2D eigenvalue weighted by Gasteiger charge is 2.28. The maximum absolute atomic E-state index is 6.11. The summed E-state index contributed by atoms with van der Waals surface area (Å²) < 4.78 is 6.11. The van der Waals surface area contributed by atoms with E-state index in [4.69, 9.17) is 9.84 Å². The molecule has 0 aromatic carbocycles. The molecule has 0 aromatic heterocycles. The third-order valence-corrected chi connectivity index (χ3v) is 3.95. The Morgan fingerprint density at radius 3 is 2.42 bits per heavy atom. The maximum atomic E-state index is 6.11. The Labute approximate surface area is 160 Å². The molecule has 6 heteroatoms. The Morgan fingerprint density at radius 1 is 1.23 bits per heavy atom. The van der Waals surface area contributed by atoms with Crippen LogP contribution in [0.5, 0.6) is 0 Å². The van der Waals surface area contributed by atoms with E-state index in [2.05, 4.69) is 54.3 Å². The van der Waals surface area contributed by atoms with Crippen molar-refractivity contribution in [2.45, 2.75) is 64.2 Å². The average Bonchev–Trinajstić information content (AvgIpc) is 3.06. The molecule has 0 amide bonds. The molecule has 0 aromatic rings. The molecule has 1 saturated heterocycles. The summed E-state index contributed by atoms with van der Waals surface area (Å²) in [6.45, 7) is 9.06. The van der Waals surface area contributed by atoms with E-state index in [0.29, 0.717) is 12.2 Å². The lowest BCUT2D eigenvalue weighted by molar-refractivity contribution is 0.0259. The molecule has 0 saturated carbocycles. The second-order valence-corrected chi connectivity index (χ2v) is 7.58. The first kappa shape index (κ1) is 24.6. The molecule has 2 atom stereocenters. The minimum atomic E-state index is 0.117. The van der Waals surface area contributed by atoms with Crippen molar-refractivity contribution in [3.8, 4) is 12.8 Å². The number of hydrogen-bond donors (Lipinski definition) is 2. The van der Waals surface area contributed by atoms with E-state index in [0.717, 1.165) is 38.9 Å². The predicted molar refractivity (Wildman–Crippen MR) is 113 cm³/mol. The first-order valence-corrected chi connectivity index (χ1v) is 9.42. The van der Waals surface area contributed by atoms with Crippen LogP contribution in [-0.4, -0.2) is 75.5 Å². The topological polar surface area (TPSA) is 61.2 Å². The van der Waals surface area contributed by atoms with Crippen LogP contribution in [0.2, 0.25) is 0 Å². The van der Waals surface area contributed by atoms with Crippen molar-refractivity contribution >= 4 is 11.9 Å². The fourth-order valence-electron chi connectivity index (χ4n) is 2.76. The van der Waals surface area contributed by atoms with E-state index in [1.165, 1.54) is 12.1 Å². The van der Waals surface area contributed by atoms with Crippen molar-refractivity contribution in [3.63, 3.8) is 0 Å². The van der Waals surface area contributed by atoms with E-state index >= 15 is 0 Å². The second-order valence-electron chi connectivity index (χ2n) is 7.58. The number of nitrogens with one attached hydrogen (secondary N) is 2. The Hall–Kier alpha value is -1.42. The van der Waals surface area contributed by atoms with Crippen LogP contribution in [0, 0.1) is 12.8 Å². The van der Waals surface area contributed by atoms with Crippen LogP contribution in [0.15, 0.2) is 10.1 Å². The number of nitrogens with zero attached hydrogens (tertiary/aromatic N) is 3. The normalized spacial score (nSPS) is 24.9. The molecule has 2 unspecified atom stereocenters. The molecule has 2 rings (SSSR count). The summed E-state index contributed by atoms with van der Waals surface area (Å²) in [6.07, 6.45) is 15.1. The number of fused-ring (bicyclic) bond motifs is 2. The van der Waals surface area contributed by atoms with Gasteiger partial charge in [-0.15, -0.1) is 12.8 Å². The number of aliphatic imine (C=N–C) groups is 1. The molecule has 2 aliphatic heterocycles. The lowest BCUT2D eigenvalue weighted by Gasteiger charge is -2.24. The van der Waals surface area contributed by atoms with Gasteiger partial charge >= 0.3 is 0 Å². The van der Waals surface area contributed by atoms with Crippen molar-refractivity contribution in [1.29, 1.82) is 0 Å². The molecular weight excluding hydrogens is 326 g/mol. The van der Waals surface area contributed by atoms with Crippen LogP contribution in [-0.2, 0) is 4.74 Å². The third-order valence-electron chi connectivity index (χ3n) is 3.95. The number of terminal acetylenes is 1. The van der Waals surface area contributed by atoms with Crippen LogP contribution >= 0.6 is 0 Å². The fourth-order valence-corrected chi connectivity index (χ4v) is 2.76. The Bertz CT molecular complexity index is 439. The molecule has 26 heavy (non-hydrogen) atoms. The van der Waals surface area contributed by atoms with Crippen molar-refractivity contribution in [1.82, 2.24) is 15.6 Å². The van der Waals surface area contributed by atoms with Crippen LogP contribution < -0.4 is 10.6 Å². The van der Waals surface area contributed by atoms with E-state index in [1.54, 1.807) is 0 Å². The highest BCUT2D eigenvalue weighted by molar-refractivity contribution is 5.86. The van der Waals surface area contributed by atoms with Crippen LogP contribution in [0.25, 0.3) is 0 Å². The molecule has 150 valence electrons. The standard InChI is InChI=1S/C16H30N4O.C2H7N.C2H2/c1-16(2,3)18-11-13-5-6-14-7-8-15(21-14)12-20(19-13)10-9-17-4;1-3-2;1-2/h9,14-15,18H,5-8,10-12H2,1-4H3;3H,1-2H3;1-2H/b17-9?,19-13+;;. The van der Waals surface area contributed by atoms with Gasteiger partial charge in [-0.1, -0.05) is 0 Å². The molecule has 0 aliphatic carbocycles. The molecule has 6 nitrogen and oxygen atoms in total. The van der Waals surface area contributed by atoms with Gasteiger partial charge in [0, 0.05) is 25.3 Å². The van der Waals surface area contributed by atoms with Gasteiger partial charge in [-0.2, -0.15) is 5.10 Å². The Balaban J connectivity index is 0.00000113. The average molecular weight is 366 g/mol. The van der Waals surface area contributed by atoms with E-state index in [-0.39, 0.29) is 5.54 Å². The molecule has 1 fully saturated rings. The summed E-state index contributed by atoms with van der Waals surface area (Å²) in [6, 6.07) is 0. The van der Waals surface area contributed by atoms with Crippen molar-refractivity contribution < 1.29 is 4.74 Å². The van der Waals surface area contributed by atoms with Gasteiger partial charge in [0.15, 0.2) is 0 Å². The highest BCUT2D eigenvalue weighted by atomic mass is 16.5. The van der Waals surface area contributed by atoms with Gasteiger partial charge in [0.25, 0.3) is 0 Å². The van der Waals surface area contributed by atoms with Crippen LogP contribution in [0.1, 0.15) is 46.5 Å². The summed E-state index contributed by atoms with van der Waals surface area (Å²) in [7, 11) is 5.56. The molecule has 0 radical (unpaired) electrons. The largest absolute Gasteiger partial charge is 0.373 e. The van der Waals surface area contributed by atoms with E-state index in [9.17, 15) is 0 Å². The number of hydrazone groups is 1. The minimum absolute atomic E-state index is 0.117. The van der Waals surface area contributed by atoms with Crippen LogP contribution in [0.3, 0.4) is 0 Å². The molecule has 2 aliphatic rings. The third kappa shape index (κ3) is 11.2. The summed E-state index contributed by atoms with van der Waals surface area (Å²) in [4.78, 5) is 4.09. The minimum Gasteiger partial charge on any atom is -0.373 e. The van der Waals surface area contributed by atoms with E-state index < -0.39 is 0 Å². The zero-order valence-corrected chi connectivity index (χ0v) is 17.6. The first-order chi connectivity index (χ1) is 12.4. The first-order valence-electron chi connectivity index (χ1n) is 9.42. The molecule has 0 spiro atoms. The van der Waals surface area contributed by atoms with Gasteiger partial charge in [-0.3, -0.25) is 10.0 Å². The van der Waals surface area contributed by atoms with Gasteiger partial charge in [0.1, 0.15) is 0 Å². The Morgan fingerprint density at radius 2 is 1.85 bits per heavy atom. The molecule has 2 N–H and O–H groups in total. The predicted octanol–water partition coefficient (Wildman–Crippen LogP) is 2.16. The number of rotatable bonds is 4. The SMILES string of the molecule is C#C.CN=CCN1CC2CCC(CC/C(CNC(C)(C)C)=N\1)O2.CNC. The van der Waals surface area contributed by atoms with E-state index in [1.807, 2.05) is 27.4 Å². The lowest BCUT2D eigenvalue weighted by atomic mass is 10.1. The number of ether oxygens (including phenoxy) is 1. The second kappa shape index (κ2) is 13.7. The fraction of sp³-hybridized carbons (Fsp3) is 0.800. The van der Waals surface area contributed by atoms with Gasteiger partial charge in [0.2, 0.25) is 0 Å². The van der Waals surface area contributed by atoms with Crippen molar-refractivity contribution in [2.24, 2.45) is 10.1 Å². The maximum Gasteiger partial charge on any atom is 0.0771 e. The Kier molecular flexibility index (Phi) is 13.0. The monoisotopic (exact) mass is 365 g/mol. The summed E-state index contributed by atoms with van der Waals surface area (Å²) >= 11 is 0. The van der Waals surface area contributed by atoms with Gasteiger partial charge in [-0.05, 0) is 60.5 Å². The smallest absolute Gasteiger partial charge is 0.0771 e. The molecule has 2 bridgehead atoms. The summed E-state index contributed by atoms with van der Waals surface area (Å²) in [5, 5.41) is 13.3. The molecule has 2 heterocycles. The lowest BCUT2D eigenvalue weighted by Crippen LogP contribution is -2.40. The van der Waals surface area contributed by atoms with Gasteiger partial charge in [0.05, 0.1) is 31.0 Å². The van der Waals surface area contributed by atoms with Crippen LogP contribution in [0.4, 0.5) is 0 Å². The quantitative estimate of drug-likeness (QED) is 0.592. The van der Waals surface area contributed by atoms with Gasteiger partial charge in [-0.25, -0.2) is 0 Å². The summed E-state index contributed by atoms with van der Waals surface area (Å²) in [5.74, 6) is 0. The number of hydrogen-bond acceptors (Lipinski definition) is 6.